The van der Waals surface area contributed by atoms with Gasteiger partial charge in [0.1, 0.15) is 12.1 Å². The quantitative estimate of drug-likeness (QED) is 0.921. The lowest BCUT2D eigenvalue weighted by atomic mass is 10.1. The maximum Gasteiger partial charge on any atom is 0.261 e. The van der Waals surface area contributed by atoms with Crippen molar-refractivity contribution in [2.75, 3.05) is 0 Å². The smallest absolute Gasteiger partial charge is 0.261 e. The molecule has 0 spiro atoms. The Bertz CT molecular complexity index is 650. The molecule has 0 radical (unpaired) electrons. The van der Waals surface area contributed by atoms with Crippen LogP contribution in [0.5, 0.6) is 5.75 Å². The van der Waals surface area contributed by atoms with Crippen molar-refractivity contribution in [3.63, 3.8) is 0 Å². The van der Waals surface area contributed by atoms with E-state index >= 15 is 0 Å². The van der Waals surface area contributed by atoms with Gasteiger partial charge < -0.3 is 10.1 Å². The van der Waals surface area contributed by atoms with Crippen molar-refractivity contribution in [2.24, 2.45) is 0 Å². The monoisotopic (exact) mass is 299 g/mol. The predicted molar refractivity (Wildman–Crippen MR) is 84.6 cm³/mol. The fourth-order valence-electron chi connectivity index (χ4n) is 2.19. The largest absolute Gasteiger partial charge is 0.481 e. The van der Waals surface area contributed by atoms with Crippen LogP contribution in [-0.2, 0) is 11.3 Å². The molecule has 5 nitrogen and oxygen atoms in total. The predicted octanol–water partition coefficient (Wildman–Crippen LogP) is 2.49. The third-order valence-corrected chi connectivity index (χ3v) is 3.18. The first-order chi connectivity index (χ1) is 10.4. The summed E-state index contributed by atoms with van der Waals surface area (Å²) < 4.78 is 5.71. The summed E-state index contributed by atoms with van der Waals surface area (Å²) in [5, 5.41) is 2.82. The lowest BCUT2D eigenvalue weighted by Gasteiger charge is -2.15. The van der Waals surface area contributed by atoms with E-state index in [2.05, 4.69) is 21.4 Å². The van der Waals surface area contributed by atoms with Gasteiger partial charge in [0.25, 0.3) is 5.91 Å². The Balaban J connectivity index is 1.91. The molecule has 0 saturated heterocycles. The van der Waals surface area contributed by atoms with Gasteiger partial charge >= 0.3 is 0 Å². The van der Waals surface area contributed by atoms with Gasteiger partial charge in [0, 0.05) is 5.69 Å². The molecule has 2 rings (SSSR count). The molecule has 0 fully saturated rings. The van der Waals surface area contributed by atoms with Gasteiger partial charge in [0.15, 0.2) is 6.10 Å². The molecule has 1 aromatic heterocycles. The van der Waals surface area contributed by atoms with Crippen molar-refractivity contribution in [2.45, 2.75) is 40.3 Å². The van der Waals surface area contributed by atoms with E-state index in [9.17, 15) is 4.79 Å². The van der Waals surface area contributed by atoms with Crippen molar-refractivity contribution in [3.8, 4) is 5.75 Å². The van der Waals surface area contributed by atoms with Crippen LogP contribution in [0.3, 0.4) is 0 Å². The number of ether oxygens (including phenoxy) is 1. The molecule has 1 amide bonds. The Morgan fingerprint density at radius 2 is 1.82 bits per heavy atom. The van der Waals surface area contributed by atoms with E-state index in [1.807, 2.05) is 39.0 Å². The van der Waals surface area contributed by atoms with Crippen LogP contribution in [0, 0.1) is 20.8 Å². The number of carbonyl (C=O) groups is 1. The SMILES string of the molecule is Cc1cc(C)cc(OC(C)C(=O)NCc2cc(C)ncn2)c1. The van der Waals surface area contributed by atoms with E-state index in [-0.39, 0.29) is 5.91 Å². The van der Waals surface area contributed by atoms with Crippen molar-refractivity contribution in [1.82, 2.24) is 15.3 Å². The highest BCUT2D eigenvalue weighted by Gasteiger charge is 2.14. The summed E-state index contributed by atoms with van der Waals surface area (Å²) in [6.07, 6.45) is 0.927. The summed E-state index contributed by atoms with van der Waals surface area (Å²) in [6.45, 7) is 7.99. The topological polar surface area (TPSA) is 64.1 Å². The van der Waals surface area contributed by atoms with E-state index in [1.165, 1.54) is 6.33 Å². The van der Waals surface area contributed by atoms with Gasteiger partial charge in [-0.3, -0.25) is 4.79 Å². The number of carbonyl (C=O) groups excluding carboxylic acids is 1. The van der Waals surface area contributed by atoms with Crippen molar-refractivity contribution < 1.29 is 9.53 Å². The molecule has 0 aliphatic rings. The van der Waals surface area contributed by atoms with E-state index in [0.717, 1.165) is 22.5 Å². The Morgan fingerprint density at radius 1 is 1.14 bits per heavy atom. The minimum Gasteiger partial charge on any atom is -0.481 e. The maximum atomic E-state index is 12.1. The second-order valence-corrected chi connectivity index (χ2v) is 5.45. The van der Waals surface area contributed by atoms with Crippen molar-refractivity contribution in [1.29, 1.82) is 0 Å². The van der Waals surface area contributed by atoms with Gasteiger partial charge in [-0.25, -0.2) is 9.97 Å². The average molecular weight is 299 g/mol. The summed E-state index contributed by atoms with van der Waals surface area (Å²) in [7, 11) is 0. The average Bonchev–Trinajstić information content (AvgIpc) is 2.43. The first-order valence-electron chi connectivity index (χ1n) is 7.24. The first-order valence-corrected chi connectivity index (χ1v) is 7.24. The van der Waals surface area contributed by atoms with Gasteiger partial charge in [0.2, 0.25) is 0 Å². The minimum atomic E-state index is -0.566. The highest BCUT2D eigenvalue weighted by Crippen LogP contribution is 2.17. The summed E-state index contributed by atoms with van der Waals surface area (Å²) in [6, 6.07) is 7.75. The number of hydrogen-bond acceptors (Lipinski definition) is 4. The zero-order chi connectivity index (χ0) is 16.1. The van der Waals surface area contributed by atoms with Crippen molar-refractivity contribution in [3.05, 3.63) is 53.1 Å². The van der Waals surface area contributed by atoms with Gasteiger partial charge in [-0.2, -0.15) is 0 Å². The summed E-state index contributed by atoms with van der Waals surface area (Å²) in [5.74, 6) is 0.536. The zero-order valence-corrected chi connectivity index (χ0v) is 13.4. The molecular formula is C17H21N3O2. The van der Waals surface area contributed by atoms with Crippen LogP contribution in [0.4, 0.5) is 0 Å². The normalized spacial score (nSPS) is 11.8. The maximum absolute atomic E-state index is 12.1. The molecule has 0 saturated carbocycles. The number of benzene rings is 1. The molecule has 1 atom stereocenters. The molecule has 0 bridgehead atoms. The van der Waals surface area contributed by atoms with Gasteiger partial charge in [0.05, 0.1) is 12.2 Å². The van der Waals surface area contributed by atoms with E-state index in [4.69, 9.17) is 4.74 Å². The third-order valence-electron chi connectivity index (χ3n) is 3.18. The highest BCUT2D eigenvalue weighted by atomic mass is 16.5. The zero-order valence-electron chi connectivity index (χ0n) is 13.4. The standard InChI is InChI=1S/C17H21N3O2/c1-11-5-12(2)7-16(6-11)22-14(4)17(21)18-9-15-8-13(3)19-10-20-15/h5-8,10,14H,9H2,1-4H3,(H,18,21). The number of amides is 1. The molecule has 0 aliphatic carbocycles. The number of aromatic nitrogens is 2. The second kappa shape index (κ2) is 7.02. The second-order valence-electron chi connectivity index (χ2n) is 5.45. The summed E-state index contributed by atoms with van der Waals surface area (Å²) >= 11 is 0. The number of nitrogens with one attached hydrogen (secondary N) is 1. The Labute approximate surface area is 130 Å². The number of aryl methyl sites for hydroxylation is 3. The van der Waals surface area contributed by atoms with Gasteiger partial charge in [-0.05, 0) is 57.0 Å². The molecule has 1 unspecified atom stereocenters. The Morgan fingerprint density at radius 3 is 2.45 bits per heavy atom. The molecule has 1 N–H and O–H groups in total. The van der Waals surface area contributed by atoms with Crippen LogP contribution in [0.2, 0.25) is 0 Å². The van der Waals surface area contributed by atoms with E-state index in [1.54, 1.807) is 6.92 Å². The van der Waals surface area contributed by atoms with Crippen molar-refractivity contribution >= 4 is 5.91 Å². The first kappa shape index (κ1) is 15.9. The van der Waals surface area contributed by atoms with Crippen LogP contribution in [0.15, 0.2) is 30.6 Å². The van der Waals surface area contributed by atoms with Gasteiger partial charge in [-0.1, -0.05) is 6.07 Å². The highest BCUT2D eigenvalue weighted by molar-refractivity contribution is 5.80. The molecular weight excluding hydrogens is 278 g/mol. The van der Waals surface area contributed by atoms with Crippen LogP contribution < -0.4 is 10.1 Å². The molecule has 22 heavy (non-hydrogen) atoms. The van der Waals surface area contributed by atoms with E-state index in [0.29, 0.717) is 12.3 Å². The molecule has 1 aromatic carbocycles. The summed E-state index contributed by atoms with van der Waals surface area (Å²) in [4.78, 5) is 20.2. The van der Waals surface area contributed by atoms with Crippen LogP contribution in [0.25, 0.3) is 0 Å². The van der Waals surface area contributed by atoms with Crippen LogP contribution in [-0.4, -0.2) is 22.0 Å². The Hall–Kier alpha value is -2.43. The van der Waals surface area contributed by atoms with E-state index < -0.39 is 6.10 Å². The Kier molecular flexibility index (Phi) is 5.09. The summed E-state index contributed by atoms with van der Waals surface area (Å²) in [5.41, 5.74) is 3.87. The fraction of sp³-hybridized carbons (Fsp3) is 0.353. The fourth-order valence-corrected chi connectivity index (χ4v) is 2.19. The lowest BCUT2D eigenvalue weighted by molar-refractivity contribution is -0.127. The number of hydrogen-bond donors (Lipinski definition) is 1. The molecule has 1 heterocycles. The van der Waals surface area contributed by atoms with Crippen LogP contribution in [0.1, 0.15) is 29.4 Å². The molecule has 116 valence electrons. The van der Waals surface area contributed by atoms with Crippen LogP contribution >= 0.6 is 0 Å². The third kappa shape index (κ3) is 4.55. The minimum absolute atomic E-state index is 0.171. The molecule has 2 aromatic rings. The molecule has 0 aliphatic heterocycles. The molecule has 5 heteroatoms. The lowest BCUT2D eigenvalue weighted by Crippen LogP contribution is -2.36. The number of rotatable bonds is 5. The number of nitrogens with zero attached hydrogens (tertiary/aromatic N) is 2. The van der Waals surface area contributed by atoms with Gasteiger partial charge in [-0.15, -0.1) is 0 Å².